The number of hydrogen-bond donors (Lipinski definition) is 2. The van der Waals surface area contributed by atoms with Crippen LogP contribution in [0.3, 0.4) is 0 Å². The SMILES string of the molecule is Nc1ccc([N+](=O)[O-])cc1-c1ncn[nH]1. The first kappa shape index (κ1) is 9.13. The van der Waals surface area contributed by atoms with Gasteiger partial charge < -0.3 is 5.73 Å². The summed E-state index contributed by atoms with van der Waals surface area (Å²) >= 11 is 0. The molecule has 0 fully saturated rings. The van der Waals surface area contributed by atoms with Gasteiger partial charge in [0.15, 0.2) is 5.82 Å². The number of H-pyrrole nitrogens is 1. The van der Waals surface area contributed by atoms with Crippen molar-refractivity contribution in [3.8, 4) is 11.4 Å². The predicted molar refractivity (Wildman–Crippen MR) is 52.9 cm³/mol. The fourth-order valence-corrected chi connectivity index (χ4v) is 1.20. The quantitative estimate of drug-likeness (QED) is 0.431. The molecule has 0 saturated carbocycles. The minimum atomic E-state index is -0.487. The molecule has 0 unspecified atom stereocenters. The molecule has 1 heterocycles. The molecule has 2 rings (SSSR count). The highest BCUT2D eigenvalue weighted by Crippen LogP contribution is 2.26. The summed E-state index contributed by atoms with van der Waals surface area (Å²) in [5.74, 6) is 0.413. The molecule has 0 amide bonds. The summed E-state index contributed by atoms with van der Waals surface area (Å²) in [5.41, 5.74) is 6.53. The molecule has 7 nitrogen and oxygen atoms in total. The molecule has 0 radical (unpaired) electrons. The number of hydrogen-bond acceptors (Lipinski definition) is 5. The van der Waals surface area contributed by atoms with E-state index in [-0.39, 0.29) is 5.69 Å². The molecule has 0 aliphatic rings. The number of nitrogens with one attached hydrogen (secondary N) is 1. The van der Waals surface area contributed by atoms with Crippen LogP contribution in [0, 0.1) is 10.1 Å². The van der Waals surface area contributed by atoms with E-state index in [1.165, 1.54) is 24.5 Å². The van der Waals surface area contributed by atoms with Crippen molar-refractivity contribution in [1.82, 2.24) is 15.2 Å². The predicted octanol–water partition coefficient (Wildman–Crippen LogP) is 0.962. The van der Waals surface area contributed by atoms with Crippen molar-refractivity contribution in [2.45, 2.75) is 0 Å². The van der Waals surface area contributed by atoms with Crippen molar-refractivity contribution < 1.29 is 4.92 Å². The monoisotopic (exact) mass is 205 g/mol. The molecular formula is C8H7N5O2. The van der Waals surface area contributed by atoms with Gasteiger partial charge in [-0.3, -0.25) is 15.2 Å². The van der Waals surface area contributed by atoms with Gasteiger partial charge in [-0.05, 0) is 6.07 Å². The van der Waals surface area contributed by atoms with Crippen LogP contribution in [0.4, 0.5) is 11.4 Å². The Bertz CT molecular complexity index is 494. The molecule has 15 heavy (non-hydrogen) atoms. The maximum atomic E-state index is 10.6. The number of nitrogen functional groups attached to an aromatic ring is 1. The highest BCUT2D eigenvalue weighted by Gasteiger charge is 2.12. The molecule has 0 aliphatic heterocycles. The molecule has 0 aliphatic carbocycles. The third kappa shape index (κ3) is 1.62. The summed E-state index contributed by atoms with van der Waals surface area (Å²) in [6.07, 6.45) is 1.31. The Labute approximate surface area is 84.1 Å². The second-order valence-corrected chi connectivity index (χ2v) is 2.86. The first-order valence-corrected chi connectivity index (χ1v) is 4.08. The molecule has 1 aromatic carbocycles. The van der Waals surface area contributed by atoms with Crippen molar-refractivity contribution in [3.05, 3.63) is 34.6 Å². The fraction of sp³-hybridized carbons (Fsp3) is 0. The van der Waals surface area contributed by atoms with Gasteiger partial charge in [0.2, 0.25) is 0 Å². The van der Waals surface area contributed by atoms with Gasteiger partial charge in [-0.15, -0.1) is 0 Å². The van der Waals surface area contributed by atoms with E-state index in [1.807, 2.05) is 0 Å². The zero-order valence-electron chi connectivity index (χ0n) is 7.54. The second-order valence-electron chi connectivity index (χ2n) is 2.86. The standard InChI is InChI=1S/C8H7N5O2/c9-7-2-1-5(13(14)15)3-6(7)8-10-4-11-12-8/h1-4H,9H2,(H,10,11,12). The van der Waals surface area contributed by atoms with Gasteiger partial charge in [0.05, 0.1) is 4.92 Å². The van der Waals surface area contributed by atoms with E-state index in [9.17, 15) is 10.1 Å². The topological polar surface area (TPSA) is 111 Å². The van der Waals surface area contributed by atoms with E-state index < -0.39 is 4.92 Å². The summed E-state index contributed by atoms with van der Waals surface area (Å²) < 4.78 is 0. The lowest BCUT2D eigenvalue weighted by Gasteiger charge is -2.00. The molecule has 76 valence electrons. The van der Waals surface area contributed by atoms with E-state index in [1.54, 1.807) is 0 Å². The van der Waals surface area contributed by atoms with Crippen LogP contribution < -0.4 is 5.73 Å². The third-order valence-corrected chi connectivity index (χ3v) is 1.92. The summed E-state index contributed by atoms with van der Waals surface area (Å²) in [6, 6.07) is 4.17. The van der Waals surface area contributed by atoms with Gasteiger partial charge in [0.25, 0.3) is 5.69 Å². The van der Waals surface area contributed by atoms with Crippen molar-refractivity contribution in [3.63, 3.8) is 0 Å². The van der Waals surface area contributed by atoms with E-state index in [4.69, 9.17) is 5.73 Å². The highest BCUT2D eigenvalue weighted by atomic mass is 16.6. The Morgan fingerprint density at radius 3 is 2.87 bits per heavy atom. The first-order chi connectivity index (χ1) is 7.18. The van der Waals surface area contributed by atoms with E-state index in [0.717, 1.165) is 0 Å². The van der Waals surface area contributed by atoms with Crippen LogP contribution >= 0.6 is 0 Å². The number of rotatable bonds is 2. The number of benzene rings is 1. The van der Waals surface area contributed by atoms with Crippen molar-refractivity contribution in [1.29, 1.82) is 0 Å². The van der Waals surface area contributed by atoms with Gasteiger partial charge >= 0.3 is 0 Å². The van der Waals surface area contributed by atoms with Gasteiger partial charge in [-0.2, -0.15) is 5.10 Å². The van der Waals surface area contributed by atoms with Gasteiger partial charge in [-0.1, -0.05) is 0 Å². The van der Waals surface area contributed by atoms with E-state index in [2.05, 4.69) is 15.2 Å². The number of nitro benzene ring substituents is 1. The maximum absolute atomic E-state index is 10.6. The van der Waals surface area contributed by atoms with Crippen LogP contribution in [-0.4, -0.2) is 20.1 Å². The van der Waals surface area contributed by atoms with Crippen LogP contribution in [0.5, 0.6) is 0 Å². The van der Waals surface area contributed by atoms with Crippen LogP contribution in [0.25, 0.3) is 11.4 Å². The smallest absolute Gasteiger partial charge is 0.270 e. The number of aromatic nitrogens is 3. The summed E-state index contributed by atoms with van der Waals surface area (Å²) in [6.45, 7) is 0. The Kier molecular flexibility index (Phi) is 2.05. The van der Waals surface area contributed by atoms with Gasteiger partial charge in [0.1, 0.15) is 6.33 Å². The molecule has 7 heteroatoms. The summed E-state index contributed by atoms with van der Waals surface area (Å²) in [7, 11) is 0. The van der Waals surface area contributed by atoms with Crippen molar-refractivity contribution >= 4 is 11.4 Å². The van der Waals surface area contributed by atoms with Crippen LogP contribution in [-0.2, 0) is 0 Å². The molecule has 0 saturated heterocycles. The number of non-ortho nitro benzene ring substituents is 1. The zero-order valence-corrected chi connectivity index (χ0v) is 7.54. The molecule has 0 atom stereocenters. The molecule has 3 N–H and O–H groups in total. The fourth-order valence-electron chi connectivity index (χ4n) is 1.20. The second kappa shape index (κ2) is 3.37. The zero-order chi connectivity index (χ0) is 10.8. The minimum absolute atomic E-state index is 0.0319. The lowest BCUT2D eigenvalue weighted by Crippen LogP contribution is -1.94. The van der Waals surface area contributed by atoms with E-state index >= 15 is 0 Å². The van der Waals surface area contributed by atoms with Crippen molar-refractivity contribution in [2.24, 2.45) is 0 Å². The largest absolute Gasteiger partial charge is 0.398 e. The average molecular weight is 205 g/mol. The summed E-state index contributed by atoms with van der Waals surface area (Å²) in [5, 5.41) is 16.8. The Hall–Kier alpha value is -2.44. The molecule has 1 aromatic heterocycles. The first-order valence-electron chi connectivity index (χ1n) is 4.08. The molecule has 0 spiro atoms. The number of nitrogens with two attached hydrogens (primary N) is 1. The molecule has 0 bridgehead atoms. The Morgan fingerprint density at radius 2 is 2.27 bits per heavy atom. The number of aromatic amines is 1. The van der Waals surface area contributed by atoms with Gasteiger partial charge in [-0.25, -0.2) is 4.98 Å². The number of nitrogens with zero attached hydrogens (tertiary/aromatic N) is 3. The minimum Gasteiger partial charge on any atom is -0.398 e. The van der Waals surface area contributed by atoms with Crippen LogP contribution in [0.2, 0.25) is 0 Å². The third-order valence-electron chi connectivity index (χ3n) is 1.92. The van der Waals surface area contributed by atoms with Gasteiger partial charge in [0, 0.05) is 23.4 Å². The van der Waals surface area contributed by atoms with Crippen LogP contribution in [0.15, 0.2) is 24.5 Å². The van der Waals surface area contributed by atoms with Crippen LogP contribution in [0.1, 0.15) is 0 Å². The number of nitro groups is 1. The average Bonchev–Trinajstić information content (AvgIpc) is 2.71. The highest BCUT2D eigenvalue weighted by molar-refractivity contribution is 5.73. The lowest BCUT2D eigenvalue weighted by atomic mass is 10.1. The molecular weight excluding hydrogens is 198 g/mol. The summed E-state index contributed by atoms with van der Waals surface area (Å²) in [4.78, 5) is 13.9. The Morgan fingerprint density at radius 1 is 1.47 bits per heavy atom. The maximum Gasteiger partial charge on any atom is 0.270 e. The lowest BCUT2D eigenvalue weighted by molar-refractivity contribution is -0.384. The van der Waals surface area contributed by atoms with E-state index in [0.29, 0.717) is 17.1 Å². The molecule has 2 aromatic rings. The number of anilines is 1. The Balaban J connectivity index is 2.55. The van der Waals surface area contributed by atoms with Crippen molar-refractivity contribution in [2.75, 3.05) is 5.73 Å². The normalized spacial score (nSPS) is 10.1.